The van der Waals surface area contributed by atoms with Crippen LogP contribution in [0.2, 0.25) is 0 Å². The van der Waals surface area contributed by atoms with E-state index in [0.717, 1.165) is 40.6 Å². The van der Waals surface area contributed by atoms with Crippen molar-refractivity contribution in [2.24, 2.45) is 0 Å². The molecule has 5 nitrogen and oxygen atoms in total. The molecule has 24 heavy (non-hydrogen) atoms. The molecule has 128 valence electrons. The third kappa shape index (κ3) is 2.82. The van der Waals surface area contributed by atoms with Gasteiger partial charge in [-0.1, -0.05) is 32.0 Å². The maximum Gasteiger partial charge on any atom is 0.152 e. The first-order chi connectivity index (χ1) is 11.8. The van der Waals surface area contributed by atoms with Crippen LogP contribution in [0, 0.1) is 0 Å². The van der Waals surface area contributed by atoms with Gasteiger partial charge in [0, 0.05) is 17.7 Å². The number of para-hydroxylation sites is 1. The second-order valence-corrected chi connectivity index (χ2v) is 5.94. The lowest BCUT2D eigenvalue weighted by Gasteiger charge is -2.18. The van der Waals surface area contributed by atoms with Gasteiger partial charge in [0.05, 0.1) is 30.3 Å². The number of rotatable bonds is 2. The van der Waals surface area contributed by atoms with Crippen LogP contribution in [0.3, 0.4) is 0 Å². The number of halogens is 1. The van der Waals surface area contributed by atoms with Crippen molar-refractivity contribution in [1.82, 2.24) is 14.5 Å². The molecule has 0 spiro atoms. The molecular weight excluding hydrogens is 324 g/mol. The van der Waals surface area contributed by atoms with Crippen molar-refractivity contribution < 1.29 is 4.74 Å². The standard InChI is InChI=1S/C16H17ClN4O.C2H6/c17-7-5-10-9-22-8-6-13-20-14-15(21(10)13)11-3-1-2-4-12(11)19-16(14)18;1-2/h1-4,10H,5-9H2,(H2,18,19);1-2H3/t10-;/m0./s1. The van der Waals surface area contributed by atoms with E-state index in [0.29, 0.717) is 24.9 Å². The summed E-state index contributed by atoms with van der Waals surface area (Å²) in [4.78, 5) is 9.23. The van der Waals surface area contributed by atoms with Crippen LogP contribution in [0.4, 0.5) is 5.82 Å². The highest BCUT2D eigenvalue weighted by Gasteiger charge is 2.24. The van der Waals surface area contributed by atoms with Crippen molar-refractivity contribution >= 4 is 39.4 Å². The lowest BCUT2D eigenvalue weighted by Crippen LogP contribution is -2.15. The summed E-state index contributed by atoms with van der Waals surface area (Å²) in [5.41, 5.74) is 8.88. The minimum atomic E-state index is 0.185. The number of hydrogen-bond acceptors (Lipinski definition) is 4. The van der Waals surface area contributed by atoms with Crippen LogP contribution in [0.5, 0.6) is 0 Å². The predicted octanol–water partition coefficient (Wildman–Crippen LogP) is 3.94. The van der Waals surface area contributed by atoms with E-state index in [4.69, 9.17) is 27.1 Å². The molecule has 1 aliphatic rings. The van der Waals surface area contributed by atoms with Crippen molar-refractivity contribution in [3.8, 4) is 0 Å². The number of anilines is 1. The second kappa shape index (κ2) is 7.36. The summed E-state index contributed by atoms with van der Waals surface area (Å²) in [6, 6.07) is 8.23. The number of fused-ring (bicyclic) bond motifs is 5. The van der Waals surface area contributed by atoms with Crippen LogP contribution in [0.15, 0.2) is 24.3 Å². The zero-order chi connectivity index (χ0) is 17.1. The second-order valence-electron chi connectivity index (χ2n) is 5.57. The highest BCUT2D eigenvalue weighted by atomic mass is 35.5. The number of nitrogen functional groups attached to an aromatic ring is 1. The van der Waals surface area contributed by atoms with Gasteiger partial charge in [0.15, 0.2) is 5.82 Å². The van der Waals surface area contributed by atoms with E-state index in [1.54, 1.807) is 0 Å². The summed E-state index contributed by atoms with van der Waals surface area (Å²) in [6.45, 7) is 5.33. The Kier molecular flexibility index (Phi) is 5.21. The average Bonchev–Trinajstić information content (AvgIpc) is 2.89. The summed E-state index contributed by atoms with van der Waals surface area (Å²) in [7, 11) is 0. The first-order valence-corrected chi connectivity index (χ1v) is 9.02. The zero-order valence-electron chi connectivity index (χ0n) is 14.1. The number of imidazole rings is 1. The van der Waals surface area contributed by atoms with Gasteiger partial charge in [-0.15, -0.1) is 11.6 Å². The number of hydrogen-bond donors (Lipinski definition) is 1. The number of aromatic nitrogens is 3. The van der Waals surface area contributed by atoms with E-state index >= 15 is 0 Å². The monoisotopic (exact) mass is 346 g/mol. The molecule has 3 heterocycles. The van der Waals surface area contributed by atoms with Crippen LogP contribution in [0.25, 0.3) is 21.9 Å². The van der Waals surface area contributed by atoms with Gasteiger partial charge >= 0.3 is 0 Å². The summed E-state index contributed by atoms with van der Waals surface area (Å²) >= 11 is 6.00. The Morgan fingerprint density at radius 1 is 1.29 bits per heavy atom. The summed E-state index contributed by atoms with van der Waals surface area (Å²) < 4.78 is 7.99. The zero-order valence-corrected chi connectivity index (χ0v) is 14.9. The lowest BCUT2D eigenvalue weighted by atomic mass is 10.1. The molecule has 0 unspecified atom stereocenters. The molecule has 0 fully saturated rings. The fraction of sp³-hybridized carbons (Fsp3) is 0.444. The number of nitrogens with zero attached hydrogens (tertiary/aromatic N) is 3. The minimum Gasteiger partial charge on any atom is -0.382 e. The van der Waals surface area contributed by atoms with Crippen LogP contribution in [0.1, 0.15) is 32.1 Å². The Labute approximate surface area is 146 Å². The molecule has 1 atom stereocenters. The molecule has 3 aromatic rings. The van der Waals surface area contributed by atoms with Gasteiger partial charge in [-0.05, 0) is 12.5 Å². The number of alkyl halides is 1. The number of nitrogens with two attached hydrogens (primary N) is 1. The van der Waals surface area contributed by atoms with E-state index in [2.05, 4.69) is 15.6 Å². The first kappa shape index (κ1) is 17.0. The van der Waals surface area contributed by atoms with Gasteiger partial charge in [-0.2, -0.15) is 0 Å². The first-order valence-electron chi connectivity index (χ1n) is 8.48. The molecule has 6 heteroatoms. The fourth-order valence-corrected chi connectivity index (χ4v) is 3.49. The Morgan fingerprint density at radius 2 is 2.08 bits per heavy atom. The fourth-order valence-electron chi connectivity index (χ4n) is 3.23. The van der Waals surface area contributed by atoms with Crippen LogP contribution >= 0.6 is 11.6 Å². The van der Waals surface area contributed by atoms with E-state index in [9.17, 15) is 0 Å². The molecule has 2 aromatic heterocycles. The Balaban J connectivity index is 0.000000815. The predicted molar refractivity (Wildman–Crippen MR) is 99.7 cm³/mol. The molecular formula is C18H23ClN4O. The molecule has 0 radical (unpaired) electrons. The Bertz CT molecular complexity index is 846. The smallest absolute Gasteiger partial charge is 0.152 e. The van der Waals surface area contributed by atoms with Gasteiger partial charge in [-0.3, -0.25) is 0 Å². The van der Waals surface area contributed by atoms with Crippen molar-refractivity contribution in [3.05, 3.63) is 30.1 Å². The van der Waals surface area contributed by atoms with Crippen molar-refractivity contribution in [1.29, 1.82) is 0 Å². The number of benzene rings is 1. The van der Waals surface area contributed by atoms with Crippen molar-refractivity contribution in [3.63, 3.8) is 0 Å². The average molecular weight is 347 g/mol. The quantitative estimate of drug-likeness (QED) is 0.714. The summed E-state index contributed by atoms with van der Waals surface area (Å²) in [5.74, 6) is 2.08. The summed E-state index contributed by atoms with van der Waals surface area (Å²) in [6.07, 6.45) is 1.62. The molecule has 0 amide bonds. The van der Waals surface area contributed by atoms with E-state index in [-0.39, 0.29) is 6.04 Å². The molecule has 2 N–H and O–H groups in total. The van der Waals surface area contributed by atoms with E-state index in [1.807, 2.05) is 32.0 Å². The van der Waals surface area contributed by atoms with Gasteiger partial charge in [0.1, 0.15) is 11.3 Å². The Hall–Kier alpha value is -1.85. The maximum atomic E-state index is 6.15. The largest absolute Gasteiger partial charge is 0.382 e. The topological polar surface area (TPSA) is 66.0 Å². The molecule has 0 saturated carbocycles. The third-order valence-corrected chi connectivity index (χ3v) is 4.43. The normalized spacial score (nSPS) is 17.2. The number of ether oxygens (including phenoxy) is 1. The molecule has 0 bridgehead atoms. The highest BCUT2D eigenvalue weighted by Crippen LogP contribution is 2.33. The number of pyridine rings is 1. The molecule has 0 aliphatic carbocycles. The van der Waals surface area contributed by atoms with Gasteiger partial charge < -0.3 is 15.0 Å². The van der Waals surface area contributed by atoms with Crippen LogP contribution < -0.4 is 5.73 Å². The Morgan fingerprint density at radius 3 is 2.88 bits per heavy atom. The van der Waals surface area contributed by atoms with Crippen LogP contribution in [-0.4, -0.2) is 33.6 Å². The molecule has 4 rings (SSSR count). The highest BCUT2D eigenvalue weighted by molar-refractivity contribution is 6.17. The van der Waals surface area contributed by atoms with Crippen LogP contribution in [-0.2, 0) is 11.2 Å². The van der Waals surface area contributed by atoms with Crippen molar-refractivity contribution in [2.45, 2.75) is 32.7 Å². The van der Waals surface area contributed by atoms with Gasteiger partial charge in [0.2, 0.25) is 0 Å². The third-order valence-electron chi connectivity index (χ3n) is 4.21. The summed E-state index contributed by atoms with van der Waals surface area (Å²) in [5, 5.41) is 1.08. The van der Waals surface area contributed by atoms with Gasteiger partial charge in [0.25, 0.3) is 0 Å². The minimum absolute atomic E-state index is 0.185. The van der Waals surface area contributed by atoms with Crippen molar-refractivity contribution in [2.75, 3.05) is 24.8 Å². The molecule has 1 aromatic carbocycles. The van der Waals surface area contributed by atoms with Gasteiger partial charge in [-0.25, -0.2) is 9.97 Å². The van der Waals surface area contributed by atoms with E-state index < -0.39 is 0 Å². The van der Waals surface area contributed by atoms with E-state index in [1.165, 1.54) is 0 Å². The lowest BCUT2D eigenvalue weighted by molar-refractivity contribution is 0.118. The molecule has 1 aliphatic heterocycles. The molecule has 0 saturated heterocycles. The SMILES string of the molecule is CC.Nc1nc2ccccc2c2c1nc1n2[C@@H](CCCl)COCC1. The maximum absolute atomic E-state index is 6.15.